The first-order chi connectivity index (χ1) is 9.52. The second-order valence-electron chi connectivity index (χ2n) is 4.48. The number of nitrogens with one attached hydrogen (secondary N) is 2. The van der Waals surface area contributed by atoms with Crippen molar-refractivity contribution in [1.82, 2.24) is 14.7 Å². The maximum Gasteiger partial charge on any atom is 0.452 e. The molecule has 1 aliphatic rings. The SMILES string of the molecule is FC(F)(F)c1nsc(NCc2ccc3c(c2)CNC3)n1. The van der Waals surface area contributed by atoms with Crippen LogP contribution in [0, 0.1) is 0 Å². The molecule has 0 spiro atoms. The van der Waals surface area contributed by atoms with Gasteiger partial charge in [-0.15, -0.1) is 0 Å². The predicted octanol–water partition coefficient (Wildman–Crippen LogP) is 2.77. The Kier molecular flexibility index (Phi) is 3.35. The molecule has 2 aromatic rings. The fraction of sp³-hybridized carbons (Fsp3) is 0.333. The molecule has 3 rings (SSSR count). The van der Waals surface area contributed by atoms with Gasteiger partial charge < -0.3 is 10.6 Å². The van der Waals surface area contributed by atoms with Crippen molar-refractivity contribution in [1.29, 1.82) is 0 Å². The average Bonchev–Trinajstić information content (AvgIpc) is 3.04. The van der Waals surface area contributed by atoms with Crippen LogP contribution in [-0.2, 0) is 25.8 Å². The number of nitrogens with zero attached hydrogens (tertiary/aromatic N) is 2. The standard InChI is InChI=1S/C12H11F3N4S/c13-12(14,15)10-18-11(20-19-10)17-4-7-1-2-8-5-16-6-9(8)3-7/h1-3,16H,4-6H2,(H,17,18,19). The maximum absolute atomic E-state index is 12.4. The summed E-state index contributed by atoms with van der Waals surface area (Å²) < 4.78 is 40.4. The zero-order valence-corrected chi connectivity index (χ0v) is 11.1. The van der Waals surface area contributed by atoms with Crippen LogP contribution in [0.3, 0.4) is 0 Å². The van der Waals surface area contributed by atoms with E-state index < -0.39 is 12.0 Å². The van der Waals surface area contributed by atoms with E-state index in [1.165, 1.54) is 11.1 Å². The third kappa shape index (κ3) is 2.75. The Morgan fingerprint density at radius 2 is 2.05 bits per heavy atom. The van der Waals surface area contributed by atoms with Crippen molar-refractivity contribution in [3.05, 3.63) is 40.7 Å². The molecule has 0 unspecified atom stereocenters. The Bertz CT molecular complexity index is 623. The molecular weight excluding hydrogens is 289 g/mol. The molecule has 0 bridgehead atoms. The molecule has 0 saturated heterocycles. The number of anilines is 1. The van der Waals surface area contributed by atoms with Crippen LogP contribution in [0.15, 0.2) is 18.2 Å². The third-order valence-electron chi connectivity index (χ3n) is 3.02. The zero-order chi connectivity index (χ0) is 14.2. The summed E-state index contributed by atoms with van der Waals surface area (Å²) >= 11 is 0.717. The quantitative estimate of drug-likeness (QED) is 0.915. The van der Waals surface area contributed by atoms with Crippen molar-refractivity contribution in [2.45, 2.75) is 25.8 Å². The smallest absolute Gasteiger partial charge is 0.356 e. The van der Waals surface area contributed by atoms with Gasteiger partial charge >= 0.3 is 6.18 Å². The summed E-state index contributed by atoms with van der Waals surface area (Å²) in [5, 5.41) is 6.29. The van der Waals surface area contributed by atoms with E-state index >= 15 is 0 Å². The number of hydrogen-bond acceptors (Lipinski definition) is 5. The van der Waals surface area contributed by atoms with E-state index in [0.29, 0.717) is 18.1 Å². The molecule has 106 valence electrons. The molecular formula is C12H11F3N4S. The van der Waals surface area contributed by atoms with E-state index in [9.17, 15) is 13.2 Å². The van der Waals surface area contributed by atoms with Gasteiger partial charge in [0.2, 0.25) is 11.0 Å². The normalized spacial score (nSPS) is 14.3. The first kappa shape index (κ1) is 13.3. The van der Waals surface area contributed by atoms with Gasteiger partial charge in [0, 0.05) is 31.2 Å². The molecule has 0 saturated carbocycles. The first-order valence-electron chi connectivity index (χ1n) is 5.98. The minimum absolute atomic E-state index is 0.177. The summed E-state index contributed by atoms with van der Waals surface area (Å²) in [6, 6.07) is 6.05. The highest BCUT2D eigenvalue weighted by molar-refractivity contribution is 7.09. The van der Waals surface area contributed by atoms with Crippen molar-refractivity contribution in [3.8, 4) is 0 Å². The van der Waals surface area contributed by atoms with Crippen LogP contribution in [0.1, 0.15) is 22.5 Å². The minimum Gasteiger partial charge on any atom is -0.356 e. The van der Waals surface area contributed by atoms with Crippen molar-refractivity contribution in [2.24, 2.45) is 0 Å². The molecule has 4 nitrogen and oxygen atoms in total. The lowest BCUT2D eigenvalue weighted by Crippen LogP contribution is -2.07. The maximum atomic E-state index is 12.4. The molecule has 20 heavy (non-hydrogen) atoms. The summed E-state index contributed by atoms with van der Waals surface area (Å²) in [6.07, 6.45) is -4.49. The van der Waals surface area contributed by atoms with Crippen LogP contribution >= 0.6 is 11.5 Å². The van der Waals surface area contributed by atoms with Crippen LogP contribution in [0.2, 0.25) is 0 Å². The molecule has 0 fully saturated rings. The van der Waals surface area contributed by atoms with Gasteiger partial charge in [0.05, 0.1) is 0 Å². The summed E-state index contributed by atoms with van der Waals surface area (Å²) in [4.78, 5) is 3.43. The molecule has 1 aromatic carbocycles. The van der Waals surface area contributed by atoms with Crippen molar-refractivity contribution < 1.29 is 13.2 Å². The number of rotatable bonds is 3. The number of halogens is 3. The lowest BCUT2D eigenvalue weighted by Gasteiger charge is -2.05. The molecule has 2 heterocycles. The Labute approximate surface area is 117 Å². The lowest BCUT2D eigenvalue weighted by atomic mass is 10.1. The predicted molar refractivity (Wildman–Crippen MR) is 69.2 cm³/mol. The van der Waals surface area contributed by atoms with E-state index in [1.807, 2.05) is 18.2 Å². The van der Waals surface area contributed by atoms with Crippen molar-refractivity contribution in [2.75, 3.05) is 5.32 Å². The number of benzene rings is 1. The Hall–Kier alpha value is -1.67. The van der Waals surface area contributed by atoms with Crippen LogP contribution < -0.4 is 10.6 Å². The zero-order valence-electron chi connectivity index (χ0n) is 10.3. The van der Waals surface area contributed by atoms with Gasteiger partial charge in [0.1, 0.15) is 0 Å². The van der Waals surface area contributed by atoms with E-state index in [4.69, 9.17) is 0 Å². The van der Waals surface area contributed by atoms with Crippen molar-refractivity contribution in [3.63, 3.8) is 0 Å². The highest BCUT2D eigenvalue weighted by Crippen LogP contribution is 2.29. The van der Waals surface area contributed by atoms with Gasteiger partial charge in [-0.3, -0.25) is 0 Å². The van der Waals surface area contributed by atoms with Gasteiger partial charge in [-0.1, -0.05) is 18.2 Å². The molecule has 0 amide bonds. The minimum atomic E-state index is -4.49. The summed E-state index contributed by atoms with van der Waals surface area (Å²) in [7, 11) is 0. The fourth-order valence-corrected chi connectivity index (χ4v) is 2.63. The van der Waals surface area contributed by atoms with E-state index in [-0.39, 0.29) is 5.13 Å². The number of aromatic nitrogens is 2. The molecule has 0 atom stereocenters. The Balaban J connectivity index is 1.66. The van der Waals surface area contributed by atoms with Crippen LogP contribution in [0.5, 0.6) is 0 Å². The molecule has 8 heteroatoms. The number of fused-ring (bicyclic) bond motifs is 1. The highest BCUT2D eigenvalue weighted by Gasteiger charge is 2.36. The summed E-state index contributed by atoms with van der Waals surface area (Å²) in [5.74, 6) is -1.09. The van der Waals surface area contributed by atoms with Gasteiger partial charge in [-0.25, -0.2) is 0 Å². The van der Waals surface area contributed by atoms with Gasteiger partial charge in [0.25, 0.3) is 0 Å². The van der Waals surface area contributed by atoms with Crippen LogP contribution in [0.25, 0.3) is 0 Å². The van der Waals surface area contributed by atoms with Crippen LogP contribution in [0.4, 0.5) is 18.3 Å². The summed E-state index contributed by atoms with van der Waals surface area (Å²) in [6.45, 7) is 2.13. The van der Waals surface area contributed by atoms with Crippen LogP contribution in [-0.4, -0.2) is 9.36 Å². The Morgan fingerprint density at radius 1 is 1.25 bits per heavy atom. The molecule has 2 N–H and O–H groups in total. The highest BCUT2D eigenvalue weighted by atomic mass is 32.1. The second-order valence-corrected chi connectivity index (χ2v) is 5.23. The number of hydrogen-bond donors (Lipinski definition) is 2. The molecule has 0 aliphatic carbocycles. The topological polar surface area (TPSA) is 49.8 Å². The van der Waals surface area contributed by atoms with E-state index in [2.05, 4.69) is 20.0 Å². The van der Waals surface area contributed by atoms with Gasteiger partial charge in [-0.2, -0.15) is 22.5 Å². The average molecular weight is 300 g/mol. The largest absolute Gasteiger partial charge is 0.452 e. The number of alkyl halides is 3. The van der Waals surface area contributed by atoms with E-state index in [0.717, 1.165) is 18.7 Å². The lowest BCUT2D eigenvalue weighted by molar-refractivity contribution is -0.144. The molecule has 1 aliphatic heterocycles. The monoisotopic (exact) mass is 300 g/mol. The Morgan fingerprint density at radius 3 is 2.80 bits per heavy atom. The van der Waals surface area contributed by atoms with E-state index in [1.54, 1.807) is 0 Å². The van der Waals surface area contributed by atoms with Crippen molar-refractivity contribution >= 4 is 16.7 Å². The second kappa shape index (κ2) is 5.02. The first-order valence-corrected chi connectivity index (χ1v) is 6.76. The van der Waals surface area contributed by atoms with Gasteiger partial charge in [-0.05, 0) is 16.7 Å². The third-order valence-corrected chi connectivity index (χ3v) is 3.70. The summed E-state index contributed by atoms with van der Waals surface area (Å²) in [5.41, 5.74) is 3.51. The molecule has 1 aromatic heterocycles. The van der Waals surface area contributed by atoms with Gasteiger partial charge in [0.15, 0.2) is 0 Å². The fourth-order valence-electron chi connectivity index (χ4n) is 2.05. The molecule has 0 radical (unpaired) electrons.